The van der Waals surface area contributed by atoms with Crippen molar-refractivity contribution >= 4 is 5.97 Å². The van der Waals surface area contributed by atoms with Gasteiger partial charge in [0.15, 0.2) is 0 Å². The van der Waals surface area contributed by atoms with E-state index >= 15 is 0 Å². The van der Waals surface area contributed by atoms with Crippen LogP contribution >= 0.6 is 0 Å². The van der Waals surface area contributed by atoms with Crippen molar-refractivity contribution in [2.75, 3.05) is 7.11 Å². The van der Waals surface area contributed by atoms with Crippen LogP contribution in [0.5, 0.6) is 0 Å². The van der Waals surface area contributed by atoms with Crippen LogP contribution in [-0.2, 0) is 10.2 Å². The van der Waals surface area contributed by atoms with E-state index in [2.05, 4.69) is 35.9 Å². The van der Waals surface area contributed by atoms with Crippen LogP contribution < -0.4 is 0 Å². The van der Waals surface area contributed by atoms with Crippen molar-refractivity contribution in [2.24, 2.45) is 5.41 Å². The second-order valence-electron chi connectivity index (χ2n) is 8.00. The summed E-state index contributed by atoms with van der Waals surface area (Å²) in [6.07, 6.45) is 10.0. The largest absolute Gasteiger partial charge is 0.465 e. The number of hydrogen-bond acceptors (Lipinski definition) is 6. The van der Waals surface area contributed by atoms with Crippen molar-refractivity contribution in [3.63, 3.8) is 0 Å². The third kappa shape index (κ3) is 4.78. The van der Waals surface area contributed by atoms with Gasteiger partial charge in [0, 0.05) is 23.4 Å². The quantitative estimate of drug-likeness (QED) is 0.623. The van der Waals surface area contributed by atoms with E-state index in [4.69, 9.17) is 9.26 Å². The summed E-state index contributed by atoms with van der Waals surface area (Å²) in [4.78, 5) is 20.4. The Bertz CT molecular complexity index is 777. The highest BCUT2D eigenvalue weighted by molar-refractivity contribution is 5.90. The molecule has 3 rings (SSSR count). The summed E-state index contributed by atoms with van der Waals surface area (Å²) in [5.41, 5.74) is 1.36. The molecule has 1 saturated carbocycles. The summed E-state index contributed by atoms with van der Waals surface area (Å²) in [5.74, 6) is 0.702. The number of ether oxygens (including phenoxy) is 1. The average molecular weight is 388 g/mol. The number of carbonyl (C=O) groups is 1. The smallest absolute Gasteiger partial charge is 0.339 e. The van der Waals surface area contributed by atoms with Gasteiger partial charge in [-0.3, -0.25) is 4.98 Å². The highest BCUT2D eigenvalue weighted by Crippen LogP contribution is 2.48. The molecule has 0 saturated heterocycles. The summed E-state index contributed by atoms with van der Waals surface area (Å²) >= 11 is 0. The molecule has 28 heavy (non-hydrogen) atoms. The fourth-order valence-corrected chi connectivity index (χ4v) is 3.85. The van der Waals surface area contributed by atoms with Gasteiger partial charge in [0.05, 0.1) is 12.7 Å². The summed E-state index contributed by atoms with van der Waals surface area (Å²) < 4.78 is 10.4. The van der Waals surface area contributed by atoms with Crippen LogP contribution in [0, 0.1) is 5.41 Å². The number of pyridine rings is 1. The molecule has 2 aromatic heterocycles. The van der Waals surface area contributed by atoms with Gasteiger partial charge in [-0.2, -0.15) is 4.98 Å². The Balaban J connectivity index is 0.00000136. The maximum absolute atomic E-state index is 11.7. The van der Waals surface area contributed by atoms with Crippen LogP contribution in [0.15, 0.2) is 23.0 Å². The van der Waals surface area contributed by atoms with Gasteiger partial charge in [-0.15, -0.1) is 0 Å². The van der Waals surface area contributed by atoms with Crippen molar-refractivity contribution in [3.05, 3.63) is 29.9 Å². The zero-order valence-corrected chi connectivity index (χ0v) is 18.0. The molecule has 0 atom stereocenters. The third-order valence-electron chi connectivity index (χ3n) is 5.77. The van der Waals surface area contributed by atoms with Crippen molar-refractivity contribution in [1.29, 1.82) is 0 Å². The Hall–Kier alpha value is -2.24. The topological polar surface area (TPSA) is 78.1 Å². The first-order valence-corrected chi connectivity index (χ1v) is 10.3. The molecule has 154 valence electrons. The first kappa shape index (κ1) is 22.1. The second kappa shape index (κ2) is 9.30. The Morgan fingerprint density at radius 3 is 2.46 bits per heavy atom. The standard InChI is InChI=1S/C20H27N3O3.C2H6/c1-5-6-19(2)7-9-20(3,10-8-19)18-22-16(23-26-18)14-11-15(13-21-12-14)17(24)25-4;1-2/h11-13H,5-10H2,1-4H3;1-2H3. The van der Waals surface area contributed by atoms with Gasteiger partial charge in [0.2, 0.25) is 11.7 Å². The van der Waals surface area contributed by atoms with Crippen LogP contribution in [0.3, 0.4) is 0 Å². The fraction of sp³-hybridized carbons (Fsp3) is 0.636. The Morgan fingerprint density at radius 1 is 1.18 bits per heavy atom. The van der Waals surface area contributed by atoms with Gasteiger partial charge in [0.25, 0.3) is 0 Å². The summed E-state index contributed by atoms with van der Waals surface area (Å²) in [6, 6.07) is 1.68. The van der Waals surface area contributed by atoms with E-state index in [0.717, 1.165) is 12.8 Å². The predicted molar refractivity (Wildman–Crippen MR) is 109 cm³/mol. The van der Waals surface area contributed by atoms with Crippen LogP contribution in [-0.4, -0.2) is 28.2 Å². The molecule has 0 bridgehead atoms. The normalized spacial score (nSPS) is 24.2. The number of hydrogen-bond donors (Lipinski definition) is 0. The molecule has 2 aromatic rings. The van der Waals surface area contributed by atoms with Crippen molar-refractivity contribution in [1.82, 2.24) is 15.1 Å². The van der Waals surface area contributed by atoms with Gasteiger partial charge >= 0.3 is 5.97 Å². The minimum Gasteiger partial charge on any atom is -0.465 e. The van der Waals surface area contributed by atoms with E-state index in [1.807, 2.05) is 13.8 Å². The van der Waals surface area contributed by atoms with Crippen molar-refractivity contribution in [2.45, 2.75) is 78.6 Å². The molecule has 0 aliphatic heterocycles. The van der Waals surface area contributed by atoms with E-state index in [1.165, 1.54) is 39.0 Å². The molecule has 1 aliphatic carbocycles. The number of aromatic nitrogens is 3. The molecule has 6 heteroatoms. The summed E-state index contributed by atoms with van der Waals surface area (Å²) in [5, 5.41) is 4.13. The molecule has 2 heterocycles. The Kier molecular flexibility index (Phi) is 7.33. The molecule has 0 unspecified atom stereocenters. The number of carbonyl (C=O) groups excluding carboxylic acids is 1. The minimum atomic E-state index is -0.433. The predicted octanol–water partition coefficient (Wildman–Crippen LogP) is 5.58. The van der Waals surface area contributed by atoms with E-state index in [-0.39, 0.29) is 5.41 Å². The lowest BCUT2D eigenvalue weighted by atomic mass is 9.63. The summed E-state index contributed by atoms with van der Waals surface area (Å²) in [6.45, 7) is 10.8. The van der Waals surface area contributed by atoms with Gasteiger partial charge in [-0.25, -0.2) is 4.79 Å². The lowest BCUT2D eigenvalue weighted by Crippen LogP contribution is -2.34. The molecule has 0 amide bonds. The first-order valence-electron chi connectivity index (χ1n) is 10.3. The van der Waals surface area contributed by atoms with Crippen LogP contribution in [0.25, 0.3) is 11.4 Å². The molecular formula is C22H33N3O3. The number of rotatable bonds is 5. The minimum absolute atomic E-state index is 0.0914. The average Bonchev–Trinajstić information content (AvgIpc) is 3.23. The monoisotopic (exact) mass is 387 g/mol. The van der Waals surface area contributed by atoms with Gasteiger partial charge in [-0.1, -0.05) is 46.2 Å². The molecule has 0 spiro atoms. The molecule has 1 aliphatic rings. The number of methoxy groups -OCH3 is 1. The third-order valence-corrected chi connectivity index (χ3v) is 5.77. The van der Waals surface area contributed by atoms with Gasteiger partial charge in [-0.05, 0) is 43.6 Å². The Morgan fingerprint density at radius 2 is 1.86 bits per heavy atom. The van der Waals surface area contributed by atoms with Gasteiger partial charge in [0.1, 0.15) is 0 Å². The van der Waals surface area contributed by atoms with Crippen LogP contribution in [0.2, 0.25) is 0 Å². The fourth-order valence-electron chi connectivity index (χ4n) is 3.85. The first-order chi connectivity index (χ1) is 13.4. The number of esters is 1. The maximum Gasteiger partial charge on any atom is 0.339 e. The lowest BCUT2D eigenvalue weighted by Gasteiger charge is -2.41. The zero-order chi connectivity index (χ0) is 20.8. The highest BCUT2D eigenvalue weighted by atomic mass is 16.5. The SMILES string of the molecule is CC.CCCC1(C)CCC(C)(c2nc(-c3cncc(C(=O)OC)c3)no2)CC1. The van der Waals surface area contributed by atoms with E-state index in [0.29, 0.717) is 28.3 Å². The second-order valence-corrected chi connectivity index (χ2v) is 8.00. The van der Waals surface area contributed by atoms with Crippen molar-refractivity contribution < 1.29 is 14.1 Å². The number of nitrogens with zero attached hydrogens (tertiary/aromatic N) is 3. The highest BCUT2D eigenvalue weighted by Gasteiger charge is 2.41. The molecule has 0 aromatic carbocycles. The van der Waals surface area contributed by atoms with Crippen LogP contribution in [0.1, 0.15) is 89.4 Å². The van der Waals surface area contributed by atoms with Crippen molar-refractivity contribution in [3.8, 4) is 11.4 Å². The Labute approximate surface area is 168 Å². The van der Waals surface area contributed by atoms with Gasteiger partial charge < -0.3 is 9.26 Å². The zero-order valence-electron chi connectivity index (χ0n) is 18.0. The van der Waals surface area contributed by atoms with E-state index in [1.54, 1.807) is 12.3 Å². The molecule has 0 radical (unpaired) electrons. The van der Waals surface area contributed by atoms with E-state index < -0.39 is 5.97 Å². The molecule has 0 N–H and O–H groups in total. The summed E-state index contributed by atoms with van der Waals surface area (Å²) in [7, 11) is 1.34. The lowest BCUT2D eigenvalue weighted by molar-refractivity contribution is 0.0600. The van der Waals surface area contributed by atoms with Crippen LogP contribution in [0.4, 0.5) is 0 Å². The maximum atomic E-state index is 11.7. The molecule has 6 nitrogen and oxygen atoms in total. The van der Waals surface area contributed by atoms with E-state index in [9.17, 15) is 4.79 Å². The molecular weight excluding hydrogens is 354 g/mol. The molecule has 1 fully saturated rings.